The summed E-state index contributed by atoms with van der Waals surface area (Å²) >= 11 is 5.87. The topological polar surface area (TPSA) is 46.3 Å². The molecule has 1 heterocycles. The van der Waals surface area contributed by atoms with Crippen LogP contribution >= 0.6 is 24.0 Å². The summed E-state index contributed by atoms with van der Waals surface area (Å²) < 4.78 is 0. The molecule has 0 aliphatic carbocycles. The zero-order chi connectivity index (χ0) is 11.5. The molecule has 0 radical (unpaired) electrons. The van der Waals surface area contributed by atoms with Crippen LogP contribution in [0, 0.1) is 0 Å². The predicted molar refractivity (Wildman–Crippen MR) is 71.6 cm³/mol. The van der Waals surface area contributed by atoms with Gasteiger partial charge in [0.2, 0.25) is 5.91 Å². The smallest absolute Gasteiger partial charge is 0.227 e. The van der Waals surface area contributed by atoms with Crippen LogP contribution in [0.2, 0.25) is 5.02 Å². The summed E-state index contributed by atoms with van der Waals surface area (Å²) in [6, 6.07) is 7.56. The number of carbonyl (C=O) groups excluding carboxylic acids is 1. The standard InChI is InChI=1S/C12H15ClN2O.ClH/c13-10-3-1-2-9(6-10)7-12(16)15-5-4-11(14)8-15;/h1-3,6,11H,4-5,7-8,14H2;1H. The highest BCUT2D eigenvalue weighted by atomic mass is 35.5. The Hall–Kier alpha value is -0.770. The van der Waals surface area contributed by atoms with Crippen LogP contribution in [0.3, 0.4) is 0 Å². The zero-order valence-corrected chi connectivity index (χ0v) is 11.0. The minimum atomic E-state index is 0. The van der Waals surface area contributed by atoms with Crippen molar-refractivity contribution in [1.82, 2.24) is 4.90 Å². The van der Waals surface area contributed by atoms with Crippen LogP contribution in [0.25, 0.3) is 0 Å². The third-order valence-corrected chi connectivity index (χ3v) is 3.06. The van der Waals surface area contributed by atoms with E-state index in [9.17, 15) is 4.79 Å². The van der Waals surface area contributed by atoms with E-state index in [1.165, 1.54) is 0 Å². The number of hydrogen-bond donors (Lipinski definition) is 1. The summed E-state index contributed by atoms with van der Waals surface area (Å²) in [7, 11) is 0. The Morgan fingerprint density at radius 1 is 1.53 bits per heavy atom. The van der Waals surface area contributed by atoms with Gasteiger partial charge in [-0.25, -0.2) is 0 Å². The molecule has 5 heteroatoms. The van der Waals surface area contributed by atoms with Gasteiger partial charge in [0.25, 0.3) is 0 Å². The van der Waals surface area contributed by atoms with E-state index in [1.54, 1.807) is 6.07 Å². The van der Waals surface area contributed by atoms with Crippen LogP contribution in [-0.2, 0) is 11.2 Å². The lowest BCUT2D eigenvalue weighted by atomic mass is 10.1. The normalized spacial score (nSPS) is 18.9. The molecule has 0 bridgehead atoms. The maximum absolute atomic E-state index is 11.9. The fourth-order valence-corrected chi connectivity index (χ4v) is 2.16. The largest absolute Gasteiger partial charge is 0.341 e. The van der Waals surface area contributed by atoms with Crippen LogP contribution in [0.4, 0.5) is 0 Å². The van der Waals surface area contributed by atoms with Crippen molar-refractivity contribution in [2.45, 2.75) is 18.9 Å². The first-order chi connectivity index (χ1) is 7.65. The number of nitrogens with zero attached hydrogens (tertiary/aromatic N) is 1. The second-order valence-corrected chi connectivity index (χ2v) is 4.63. The summed E-state index contributed by atoms with van der Waals surface area (Å²) in [6.45, 7) is 1.46. The first-order valence-corrected chi connectivity index (χ1v) is 5.81. The minimum absolute atomic E-state index is 0. The molecule has 1 aliphatic heterocycles. The molecular formula is C12H16Cl2N2O. The van der Waals surface area contributed by atoms with E-state index in [2.05, 4.69) is 0 Å². The number of likely N-dealkylation sites (tertiary alicyclic amines) is 1. The monoisotopic (exact) mass is 274 g/mol. The lowest BCUT2D eigenvalue weighted by molar-refractivity contribution is -0.129. The number of nitrogens with two attached hydrogens (primary N) is 1. The average Bonchev–Trinajstić information content (AvgIpc) is 2.65. The highest BCUT2D eigenvalue weighted by Crippen LogP contribution is 2.14. The number of amides is 1. The van der Waals surface area contributed by atoms with E-state index >= 15 is 0 Å². The van der Waals surface area contributed by atoms with Crippen LogP contribution in [-0.4, -0.2) is 29.9 Å². The third-order valence-electron chi connectivity index (χ3n) is 2.82. The molecule has 1 aromatic carbocycles. The lowest BCUT2D eigenvalue weighted by Crippen LogP contribution is -2.32. The average molecular weight is 275 g/mol. The molecule has 1 aromatic rings. The van der Waals surface area contributed by atoms with Gasteiger partial charge >= 0.3 is 0 Å². The van der Waals surface area contributed by atoms with Gasteiger partial charge in [-0.15, -0.1) is 12.4 Å². The van der Waals surface area contributed by atoms with Gasteiger partial charge < -0.3 is 10.6 Å². The van der Waals surface area contributed by atoms with Gasteiger partial charge in [0.1, 0.15) is 0 Å². The summed E-state index contributed by atoms with van der Waals surface area (Å²) in [4.78, 5) is 13.7. The van der Waals surface area contributed by atoms with Gasteiger partial charge in [-0.3, -0.25) is 4.79 Å². The fraction of sp³-hybridized carbons (Fsp3) is 0.417. The molecule has 1 saturated heterocycles. The quantitative estimate of drug-likeness (QED) is 0.895. The molecule has 17 heavy (non-hydrogen) atoms. The Morgan fingerprint density at radius 3 is 2.88 bits per heavy atom. The highest BCUT2D eigenvalue weighted by molar-refractivity contribution is 6.30. The molecule has 2 rings (SSSR count). The van der Waals surface area contributed by atoms with Crippen LogP contribution in [0.5, 0.6) is 0 Å². The summed E-state index contributed by atoms with van der Waals surface area (Å²) in [5.74, 6) is 0.134. The molecule has 1 unspecified atom stereocenters. The molecule has 0 spiro atoms. The minimum Gasteiger partial charge on any atom is -0.341 e. The molecule has 94 valence electrons. The van der Waals surface area contributed by atoms with Gasteiger partial charge in [-0.1, -0.05) is 23.7 Å². The Labute approximate surface area is 112 Å². The molecule has 0 saturated carbocycles. The molecule has 3 nitrogen and oxygen atoms in total. The second-order valence-electron chi connectivity index (χ2n) is 4.20. The van der Waals surface area contributed by atoms with Crippen molar-refractivity contribution < 1.29 is 4.79 Å². The van der Waals surface area contributed by atoms with Crippen molar-refractivity contribution in [2.24, 2.45) is 5.73 Å². The summed E-state index contributed by atoms with van der Waals surface area (Å²) in [5, 5.41) is 0.670. The Bertz CT molecular complexity index is 398. The number of halogens is 2. The molecule has 2 N–H and O–H groups in total. The van der Waals surface area contributed by atoms with Crippen molar-refractivity contribution in [3.63, 3.8) is 0 Å². The molecule has 1 aliphatic rings. The fourth-order valence-electron chi connectivity index (χ4n) is 1.95. The summed E-state index contributed by atoms with van der Waals surface area (Å²) in [6.07, 6.45) is 1.31. The van der Waals surface area contributed by atoms with E-state index < -0.39 is 0 Å². The van der Waals surface area contributed by atoms with Gasteiger partial charge in [0, 0.05) is 24.2 Å². The van der Waals surface area contributed by atoms with Crippen LogP contribution < -0.4 is 5.73 Å². The van der Waals surface area contributed by atoms with Crippen LogP contribution in [0.1, 0.15) is 12.0 Å². The first-order valence-electron chi connectivity index (χ1n) is 5.43. The molecule has 0 aromatic heterocycles. The van der Waals surface area contributed by atoms with E-state index in [1.807, 2.05) is 23.1 Å². The number of rotatable bonds is 2. The number of hydrogen-bond acceptors (Lipinski definition) is 2. The molecule has 1 amide bonds. The van der Waals surface area contributed by atoms with E-state index in [0.717, 1.165) is 18.5 Å². The SMILES string of the molecule is Cl.NC1CCN(C(=O)Cc2cccc(Cl)c2)C1. The van der Waals surface area contributed by atoms with Gasteiger partial charge in [-0.05, 0) is 24.1 Å². The van der Waals surface area contributed by atoms with Crippen LogP contribution in [0.15, 0.2) is 24.3 Å². The van der Waals surface area contributed by atoms with Crippen molar-refractivity contribution in [3.8, 4) is 0 Å². The maximum Gasteiger partial charge on any atom is 0.227 e. The van der Waals surface area contributed by atoms with Gasteiger partial charge in [0.15, 0.2) is 0 Å². The van der Waals surface area contributed by atoms with Crippen molar-refractivity contribution in [3.05, 3.63) is 34.9 Å². The zero-order valence-electron chi connectivity index (χ0n) is 9.43. The van der Waals surface area contributed by atoms with Gasteiger partial charge in [-0.2, -0.15) is 0 Å². The second kappa shape index (κ2) is 6.24. The molecule has 1 fully saturated rings. The first kappa shape index (κ1) is 14.3. The molecule has 1 atom stereocenters. The van der Waals surface area contributed by atoms with Gasteiger partial charge in [0.05, 0.1) is 6.42 Å². The van der Waals surface area contributed by atoms with E-state index in [0.29, 0.717) is 18.0 Å². The summed E-state index contributed by atoms with van der Waals surface area (Å²) in [5.41, 5.74) is 6.72. The van der Waals surface area contributed by atoms with Crippen molar-refractivity contribution in [2.75, 3.05) is 13.1 Å². The maximum atomic E-state index is 11.9. The Balaban J connectivity index is 0.00000144. The highest BCUT2D eigenvalue weighted by Gasteiger charge is 2.23. The van der Waals surface area contributed by atoms with E-state index in [-0.39, 0.29) is 24.4 Å². The van der Waals surface area contributed by atoms with Crippen molar-refractivity contribution in [1.29, 1.82) is 0 Å². The Kier molecular flexibility index (Phi) is 5.25. The van der Waals surface area contributed by atoms with Crippen molar-refractivity contribution >= 4 is 29.9 Å². The third kappa shape index (κ3) is 3.87. The number of carbonyl (C=O) groups is 1. The Morgan fingerprint density at radius 2 is 2.29 bits per heavy atom. The van der Waals surface area contributed by atoms with E-state index in [4.69, 9.17) is 17.3 Å². The molecular weight excluding hydrogens is 259 g/mol. The number of benzene rings is 1. The lowest BCUT2D eigenvalue weighted by Gasteiger charge is -2.15. The predicted octanol–water partition coefficient (Wildman–Crippen LogP) is 1.86.